The molecule has 0 saturated heterocycles. The van der Waals surface area contributed by atoms with Crippen LogP contribution in [0.15, 0.2) is 40.9 Å². The highest BCUT2D eigenvalue weighted by molar-refractivity contribution is 9.10. The molecule has 0 spiro atoms. The van der Waals surface area contributed by atoms with E-state index < -0.39 is 0 Å². The lowest BCUT2D eigenvalue weighted by Crippen LogP contribution is -2.19. The largest absolute Gasteiger partial charge is 0.496 e. The summed E-state index contributed by atoms with van der Waals surface area (Å²) in [6.07, 6.45) is 0. The van der Waals surface area contributed by atoms with E-state index in [0.717, 1.165) is 15.6 Å². The van der Waals surface area contributed by atoms with Crippen molar-refractivity contribution in [3.8, 4) is 5.75 Å². The third-order valence-electron chi connectivity index (χ3n) is 3.06. The Morgan fingerprint density at radius 1 is 1.20 bits per heavy atom. The molecule has 2 aromatic carbocycles. The van der Waals surface area contributed by atoms with E-state index in [2.05, 4.69) is 21.2 Å². The molecule has 2 nitrogen and oxygen atoms in total. The lowest BCUT2D eigenvalue weighted by molar-refractivity contribution is 0.405. The minimum atomic E-state index is -0.288. The van der Waals surface area contributed by atoms with Crippen LogP contribution in [-0.4, -0.2) is 14.2 Å². The molecule has 5 heteroatoms. The average molecular weight is 359 g/mol. The molecule has 0 aliphatic heterocycles. The normalized spacial score (nSPS) is 12.2. The van der Waals surface area contributed by atoms with E-state index in [1.807, 2.05) is 13.1 Å². The first-order chi connectivity index (χ1) is 9.56. The fourth-order valence-corrected chi connectivity index (χ4v) is 2.80. The second-order valence-electron chi connectivity index (χ2n) is 4.27. The van der Waals surface area contributed by atoms with Crippen molar-refractivity contribution in [2.45, 2.75) is 6.04 Å². The van der Waals surface area contributed by atoms with Gasteiger partial charge in [-0.15, -0.1) is 0 Å². The van der Waals surface area contributed by atoms with Gasteiger partial charge in [-0.3, -0.25) is 0 Å². The Bertz CT molecular complexity index is 621. The van der Waals surface area contributed by atoms with Crippen molar-refractivity contribution in [2.24, 2.45) is 0 Å². The number of hydrogen-bond acceptors (Lipinski definition) is 2. The van der Waals surface area contributed by atoms with Crippen molar-refractivity contribution in [3.05, 3.63) is 62.8 Å². The lowest BCUT2D eigenvalue weighted by atomic mass is 9.98. The molecule has 2 rings (SSSR count). The Morgan fingerprint density at radius 3 is 2.60 bits per heavy atom. The molecule has 0 aliphatic carbocycles. The number of benzene rings is 2. The zero-order chi connectivity index (χ0) is 14.7. The third-order valence-corrected chi connectivity index (χ3v) is 4.02. The predicted molar refractivity (Wildman–Crippen MR) is 83.0 cm³/mol. The van der Waals surface area contributed by atoms with Crippen molar-refractivity contribution in [1.82, 2.24) is 5.32 Å². The van der Waals surface area contributed by atoms with Gasteiger partial charge in [-0.25, -0.2) is 4.39 Å². The van der Waals surface area contributed by atoms with Crippen LogP contribution in [0.25, 0.3) is 0 Å². The minimum Gasteiger partial charge on any atom is -0.496 e. The molecule has 0 heterocycles. The SMILES string of the molecule is CNC(c1cc(F)ccc1Br)c1cc(Cl)ccc1OC. The van der Waals surface area contributed by atoms with E-state index in [0.29, 0.717) is 10.8 Å². The highest BCUT2D eigenvalue weighted by Gasteiger charge is 2.20. The van der Waals surface area contributed by atoms with Gasteiger partial charge in [0.15, 0.2) is 0 Å². The number of methoxy groups -OCH3 is 1. The molecule has 0 saturated carbocycles. The van der Waals surface area contributed by atoms with Gasteiger partial charge in [0.25, 0.3) is 0 Å². The van der Waals surface area contributed by atoms with E-state index in [4.69, 9.17) is 16.3 Å². The summed E-state index contributed by atoms with van der Waals surface area (Å²) in [4.78, 5) is 0. The Hall–Kier alpha value is -1.10. The number of nitrogens with one attached hydrogen (secondary N) is 1. The molecule has 1 unspecified atom stereocenters. The molecule has 0 amide bonds. The monoisotopic (exact) mass is 357 g/mol. The Kier molecular flexibility index (Phi) is 5.02. The number of ether oxygens (including phenoxy) is 1. The Labute approximate surface area is 131 Å². The van der Waals surface area contributed by atoms with Gasteiger partial charge in [0.1, 0.15) is 11.6 Å². The zero-order valence-electron chi connectivity index (χ0n) is 11.1. The van der Waals surface area contributed by atoms with Gasteiger partial charge in [-0.05, 0) is 49.0 Å². The van der Waals surface area contributed by atoms with Gasteiger partial charge in [0.2, 0.25) is 0 Å². The number of rotatable bonds is 4. The smallest absolute Gasteiger partial charge is 0.124 e. The molecule has 1 N–H and O–H groups in total. The maximum absolute atomic E-state index is 13.5. The molecule has 106 valence electrons. The molecule has 20 heavy (non-hydrogen) atoms. The van der Waals surface area contributed by atoms with Crippen LogP contribution in [-0.2, 0) is 0 Å². The summed E-state index contributed by atoms with van der Waals surface area (Å²) < 4.78 is 19.7. The summed E-state index contributed by atoms with van der Waals surface area (Å²) >= 11 is 9.52. The molecular weight excluding hydrogens is 345 g/mol. The van der Waals surface area contributed by atoms with E-state index >= 15 is 0 Å². The molecule has 0 aliphatic rings. The predicted octanol–water partition coefficient (Wildman–Crippen LogP) is 4.56. The fourth-order valence-electron chi connectivity index (χ4n) is 2.15. The summed E-state index contributed by atoms with van der Waals surface area (Å²) in [7, 11) is 3.41. The maximum atomic E-state index is 13.5. The van der Waals surface area contributed by atoms with Gasteiger partial charge in [-0.2, -0.15) is 0 Å². The molecule has 2 aromatic rings. The summed E-state index contributed by atoms with van der Waals surface area (Å²) in [5.74, 6) is 0.411. The van der Waals surface area contributed by atoms with Gasteiger partial charge in [0, 0.05) is 15.1 Å². The molecular formula is C15H14BrClFNO. The zero-order valence-corrected chi connectivity index (χ0v) is 13.4. The second-order valence-corrected chi connectivity index (χ2v) is 5.56. The first-order valence-electron chi connectivity index (χ1n) is 6.02. The summed E-state index contributed by atoms with van der Waals surface area (Å²) in [6.45, 7) is 0. The van der Waals surface area contributed by atoms with Crippen molar-refractivity contribution in [1.29, 1.82) is 0 Å². The van der Waals surface area contributed by atoms with Crippen LogP contribution in [0.5, 0.6) is 5.75 Å². The molecule has 1 atom stereocenters. The van der Waals surface area contributed by atoms with Crippen LogP contribution in [0.2, 0.25) is 5.02 Å². The lowest BCUT2D eigenvalue weighted by Gasteiger charge is -2.21. The van der Waals surface area contributed by atoms with E-state index in [-0.39, 0.29) is 11.9 Å². The highest BCUT2D eigenvalue weighted by Crippen LogP contribution is 2.35. The third kappa shape index (κ3) is 3.14. The maximum Gasteiger partial charge on any atom is 0.124 e. The van der Waals surface area contributed by atoms with Crippen molar-refractivity contribution in [3.63, 3.8) is 0 Å². The van der Waals surface area contributed by atoms with E-state index in [1.54, 1.807) is 25.3 Å². The van der Waals surface area contributed by atoms with Gasteiger partial charge in [-0.1, -0.05) is 27.5 Å². The first kappa shape index (κ1) is 15.3. The average Bonchev–Trinajstić information content (AvgIpc) is 2.44. The topological polar surface area (TPSA) is 21.3 Å². The van der Waals surface area contributed by atoms with Gasteiger partial charge >= 0.3 is 0 Å². The van der Waals surface area contributed by atoms with Crippen LogP contribution in [0, 0.1) is 5.82 Å². The van der Waals surface area contributed by atoms with Crippen molar-refractivity contribution < 1.29 is 9.13 Å². The summed E-state index contributed by atoms with van der Waals surface area (Å²) in [5, 5.41) is 3.77. The van der Waals surface area contributed by atoms with Crippen LogP contribution < -0.4 is 10.1 Å². The van der Waals surface area contributed by atoms with Crippen LogP contribution in [0.3, 0.4) is 0 Å². The van der Waals surface area contributed by atoms with Crippen molar-refractivity contribution in [2.75, 3.05) is 14.2 Å². The Balaban J connectivity index is 2.57. The number of halogens is 3. The fraction of sp³-hybridized carbons (Fsp3) is 0.200. The van der Waals surface area contributed by atoms with Crippen molar-refractivity contribution >= 4 is 27.5 Å². The Morgan fingerprint density at radius 2 is 1.95 bits per heavy atom. The first-order valence-corrected chi connectivity index (χ1v) is 7.19. The standard InChI is InChI=1S/C15H14BrClFNO/c1-19-15(11-8-10(18)4-5-13(11)16)12-7-9(17)3-6-14(12)20-2/h3-8,15,19H,1-2H3. The second kappa shape index (κ2) is 6.57. The summed E-state index contributed by atoms with van der Waals surface area (Å²) in [5.41, 5.74) is 1.64. The molecule has 0 bridgehead atoms. The van der Waals surface area contributed by atoms with Crippen LogP contribution >= 0.6 is 27.5 Å². The van der Waals surface area contributed by atoms with E-state index in [9.17, 15) is 4.39 Å². The highest BCUT2D eigenvalue weighted by atomic mass is 79.9. The van der Waals surface area contributed by atoms with Crippen LogP contribution in [0.4, 0.5) is 4.39 Å². The molecule has 0 radical (unpaired) electrons. The van der Waals surface area contributed by atoms with Gasteiger partial charge < -0.3 is 10.1 Å². The summed E-state index contributed by atoms with van der Waals surface area (Å²) in [6, 6.07) is 9.74. The minimum absolute atomic E-state index is 0.228. The van der Waals surface area contributed by atoms with E-state index in [1.165, 1.54) is 12.1 Å². The number of hydrogen-bond donors (Lipinski definition) is 1. The molecule has 0 fully saturated rings. The van der Waals surface area contributed by atoms with Gasteiger partial charge in [0.05, 0.1) is 13.2 Å². The molecule has 0 aromatic heterocycles. The quantitative estimate of drug-likeness (QED) is 0.865. The van der Waals surface area contributed by atoms with Crippen LogP contribution in [0.1, 0.15) is 17.2 Å².